The SMILES string of the molecule is CC1CN(C(=O)C23CC4CC(CC(C4)C2)C3)CCN1.Cl. The van der Waals surface area contributed by atoms with Crippen LogP contribution in [0.25, 0.3) is 0 Å². The predicted octanol–water partition coefficient (Wildman–Crippen LogP) is 2.44. The first-order valence-electron chi connectivity index (χ1n) is 8.17. The van der Waals surface area contributed by atoms with Crippen molar-refractivity contribution in [1.29, 1.82) is 0 Å². The number of amides is 1. The van der Waals surface area contributed by atoms with Crippen LogP contribution < -0.4 is 5.32 Å². The molecule has 1 heterocycles. The highest BCUT2D eigenvalue weighted by Gasteiger charge is 2.55. The van der Waals surface area contributed by atoms with Crippen molar-refractivity contribution in [2.45, 2.75) is 51.5 Å². The van der Waals surface area contributed by atoms with E-state index in [-0.39, 0.29) is 17.8 Å². The summed E-state index contributed by atoms with van der Waals surface area (Å²) in [5.41, 5.74) is 0.0613. The Morgan fingerprint density at radius 3 is 2.15 bits per heavy atom. The van der Waals surface area contributed by atoms with Gasteiger partial charge in [0.15, 0.2) is 0 Å². The van der Waals surface area contributed by atoms with Gasteiger partial charge in [0.1, 0.15) is 0 Å². The van der Waals surface area contributed by atoms with E-state index in [2.05, 4.69) is 17.1 Å². The van der Waals surface area contributed by atoms with Crippen LogP contribution in [0.3, 0.4) is 0 Å². The maximum absolute atomic E-state index is 13.1. The predicted molar refractivity (Wildman–Crippen MR) is 81.9 cm³/mol. The molecule has 1 amide bonds. The summed E-state index contributed by atoms with van der Waals surface area (Å²) in [6.07, 6.45) is 7.88. The van der Waals surface area contributed by atoms with Crippen LogP contribution in [0.4, 0.5) is 0 Å². The first-order chi connectivity index (χ1) is 9.14. The molecule has 1 N–H and O–H groups in total. The molecule has 1 saturated heterocycles. The molecule has 114 valence electrons. The fourth-order valence-electron chi connectivity index (χ4n) is 5.82. The molecule has 5 aliphatic rings. The summed E-state index contributed by atoms with van der Waals surface area (Å²) in [5.74, 6) is 3.13. The lowest BCUT2D eigenvalue weighted by Crippen LogP contribution is -2.59. The second kappa shape index (κ2) is 5.17. The van der Waals surface area contributed by atoms with Gasteiger partial charge in [-0.1, -0.05) is 0 Å². The average molecular weight is 299 g/mol. The minimum Gasteiger partial charge on any atom is -0.339 e. The molecule has 3 nitrogen and oxygen atoms in total. The zero-order chi connectivity index (χ0) is 13.0. The minimum atomic E-state index is 0. The monoisotopic (exact) mass is 298 g/mol. The number of nitrogens with zero attached hydrogens (tertiary/aromatic N) is 1. The normalized spacial score (nSPS) is 46.1. The number of halogens is 1. The van der Waals surface area contributed by atoms with Crippen LogP contribution in [-0.4, -0.2) is 36.5 Å². The van der Waals surface area contributed by atoms with Crippen LogP contribution in [0.1, 0.15) is 45.4 Å². The van der Waals surface area contributed by atoms with Crippen molar-refractivity contribution >= 4 is 18.3 Å². The van der Waals surface area contributed by atoms with Crippen molar-refractivity contribution in [3.05, 3.63) is 0 Å². The topological polar surface area (TPSA) is 32.3 Å². The molecule has 5 rings (SSSR count). The van der Waals surface area contributed by atoms with Gasteiger partial charge in [-0.3, -0.25) is 4.79 Å². The van der Waals surface area contributed by atoms with E-state index in [4.69, 9.17) is 0 Å². The van der Waals surface area contributed by atoms with Crippen LogP contribution in [-0.2, 0) is 4.79 Å². The van der Waals surface area contributed by atoms with Crippen molar-refractivity contribution in [2.24, 2.45) is 23.2 Å². The molecule has 0 aromatic heterocycles. The molecule has 4 saturated carbocycles. The summed E-state index contributed by atoms with van der Waals surface area (Å²) >= 11 is 0. The van der Waals surface area contributed by atoms with E-state index in [1.165, 1.54) is 38.5 Å². The van der Waals surface area contributed by atoms with E-state index in [9.17, 15) is 4.79 Å². The highest BCUT2D eigenvalue weighted by atomic mass is 35.5. The second-order valence-electron chi connectivity index (χ2n) is 7.80. The van der Waals surface area contributed by atoms with E-state index < -0.39 is 0 Å². The molecule has 4 aliphatic carbocycles. The number of nitrogens with one attached hydrogen (secondary N) is 1. The maximum Gasteiger partial charge on any atom is 0.228 e. The molecule has 0 aromatic rings. The van der Waals surface area contributed by atoms with Gasteiger partial charge in [-0.15, -0.1) is 12.4 Å². The largest absolute Gasteiger partial charge is 0.339 e. The van der Waals surface area contributed by atoms with Crippen LogP contribution in [0.5, 0.6) is 0 Å². The smallest absolute Gasteiger partial charge is 0.228 e. The van der Waals surface area contributed by atoms with Crippen molar-refractivity contribution in [2.75, 3.05) is 19.6 Å². The third-order valence-corrected chi connectivity index (χ3v) is 6.15. The molecule has 5 fully saturated rings. The number of piperazine rings is 1. The van der Waals surface area contributed by atoms with Gasteiger partial charge < -0.3 is 10.2 Å². The van der Waals surface area contributed by atoms with Gasteiger partial charge in [-0.2, -0.15) is 0 Å². The van der Waals surface area contributed by atoms with E-state index in [0.29, 0.717) is 11.9 Å². The Morgan fingerprint density at radius 2 is 1.65 bits per heavy atom. The third kappa shape index (κ3) is 2.27. The standard InChI is InChI=1S/C16H26N2O.ClH/c1-11-10-18(3-2-17-11)15(19)16-7-12-4-13(8-16)6-14(5-12)9-16;/h11-14,17H,2-10H2,1H3;1H. The third-order valence-electron chi connectivity index (χ3n) is 6.15. The van der Waals surface area contributed by atoms with E-state index in [1.807, 2.05) is 0 Å². The number of carbonyl (C=O) groups is 1. The molecular weight excluding hydrogens is 272 g/mol. The van der Waals surface area contributed by atoms with Crippen LogP contribution in [0.15, 0.2) is 0 Å². The Bertz CT molecular complexity index is 363. The Labute approximate surface area is 128 Å². The fourth-order valence-corrected chi connectivity index (χ4v) is 5.82. The fraction of sp³-hybridized carbons (Fsp3) is 0.938. The lowest BCUT2D eigenvalue weighted by atomic mass is 9.49. The summed E-state index contributed by atoms with van der Waals surface area (Å²) in [6.45, 7) is 5.00. The van der Waals surface area contributed by atoms with Gasteiger partial charge in [0.05, 0.1) is 5.41 Å². The highest BCUT2D eigenvalue weighted by molar-refractivity contribution is 5.85. The number of hydrogen-bond donors (Lipinski definition) is 1. The van der Waals surface area contributed by atoms with E-state index in [0.717, 1.165) is 37.4 Å². The van der Waals surface area contributed by atoms with Crippen molar-refractivity contribution < 1.29 is 4.79 Å². The summed E-state index contributed by atoms with van der Waals surface area (Å²) < 4.78 is 0. The quantitative estimate of drug-likeness (QED) is 0.806. The summed E-state index contributed by atoms with van der Waals surface area (Å²) in [4.78, 5) is 15.3. The molecule has 1 atom stereocenters. The summed E-state index contributed by atoms with van der Waals surface area (Å²) in [6, 6.07) is 0.464. The van der Waals surface area contributed by atoms with Crippen molar-refractivity contribution in [3.63, 3.8) is 0 Å². The van der Waals surface area contributed by atoms with E-state index in [1.54, 1.807) is 0 Å². The molecule has 0 aromatic carbocycles. The van der Waals surface area contributed by atoms with Crippen LogP contribution in [0, 0.1) is 23.2 Å². The van der Waals surface area contributed by atoms with Gasteiger partial charge in [0.25, 0.3) is 0 Å². The van der Waals surface area contributed by atoms with E-state index >= 15 is 0 Å². The lowest BCUT2D eigenvalue weighted by Gasteiger charge is -2.57. The Kier molecular flexibility index (Phi) is 3.79. The molecule has 1 unspecified atom stereocenters. The minimum absolute atomic E-state index is 0. The molecular formula is C16H27ClN2O. The molecule has 4 heteroatoms. The van der Waals surface area contributed by atoms with Crippen LogP contribution in [0.2, 0.25) is 0 Å². The van der Waals surface area contributed by atoms with Gasteiger partial charge in [0.2, 0.25) is 5.91 Å². The molecule has 20 heavy (non-hydrogen) atoms. The van der Waals surface area contributed by atoms with Crippen molar-refractivity contribution in [1.82, 2.24) is 10.2 Å². The molecule has 0 spiro atoms. The van der Waals surface area contributed by atoms with Crippen LogP contribution >= 0.6 is 12.4 Å². The Hall–Kier alpha value is -0.280. The summed E-state index contributed by atoms with van der Waals surface area (Å²) in [7, 11) is 0. The van der Waals surface area contributed by atoms with Gasteiger partial charge in [0, 0.05) is 25.7 Å². The highest BCUT2D eigenvalue weighted by Crippen LogP contribution is 2.60. The van der Waals surface area contributed by atoms with Gasteiger partial charge in [-0.05, 0) is 63.2 Å². The number of hydrogen-bond acceptors (Lipinski definition) is 2. The average Bonchev–Trinajstić information content (AvgIpc) is 2.36. The van der Waals surface area contributed by atoms with Crippen molar-refractivity contribution in [3.8, 4) is 0 Å². The number of rotatable bonds is 1. The second-order valence-corrected chi connectivity index (χ2v) is 7.80. The molecule has 1 aliphatic heterocycles. The Balaban J connectivity index is 0.00000121. The lowest BCUT2D eigenvalue weighted by molar-refractivity contribution is -0.158. The first-order valence-corrected chi connectivity index (χ1v) is 8.17. The zero-order valence-electron chi connectivity index (χ0n) is 12.4. The molecule has 0 radical (unpaired) electrons. The number of carbonyl (C=O) groups excluding carboxylic acids is 1. The zero-order valence-corrected chi connectivity index (χ0v) is 13.3. The van der Waals surface area contributed by atoms with Gasteiger partial charge in [-0.25, -0.2) is 0 Å². The van der Waals surface area contributed by atoms with Gasteiger partial charge >= 0.3 is 0 Å². The Morgan fingerprint density at radius 1 is 1.10 bits per heavy atom. The molecule has 4 bridgehead atoms. The first kappa shape index (κ1) is 14.6. The summed E-state index contributed by atoms with van der Waals surface area (Å²) in [5, 5.41) is 3.45. The maximum atomic E-state index is 13.1.